The molecule has 1 atom stereocenters. The quantitative estimate of drug-likeness (QED) is 0.719. The van der Waals surface area contributed by atoms with Crippen LogP contribution in [0.15, 0.2) is 30.3 Å². The standard InChI is InChI=1S/C13H21NO2/c1-4-12(13(15-2)16-3)14-10-11-8-6-5-7-9-11/h5-9,12-14H,4,10H2,1-3H3. The van der Waals surface area contributed by atoms with Crippen molar-refractivity contribution in [3.8, 4) is 0 Å². The Hall–Kier alpha value is -0.900. The van der Waals surface area contributed by atoms with Gasteiger partial charge in [0.05, 0.1) is 6.04 Å². The second-order valence-electron chi connectivity index (χ2n) is 3.72. The van der Waals surface area contributed by atoms with Crippen LogP contribution in [0.25, 0.3) is 0 Å². The molecule has 1 N–H and O–H groups in total. The second-order valence-corrected chi connectivity index (χ2v) is 3.72. The van der Waals surface area contributed by atoms with Gasteiger partial charge in [-0.2, -0.15) is 0 Å². The van der Waals surface area contributed by atoms with Gasteiger partial charge in [-0.05, 0) is 12.0 Å². The van der Waals surface area contributed by atoms with Gasteiger partial charge in [-0.25, -0.2) is 0 Å². The highest BCUT2D eigenvalue weighted by Crippen LogP contribution is 2.06. The fourth-order valence-electron chi connectivity index (χ4n) is 1.70. The highest BCUT2D eigenvalue weighted by Gasteiger charge is 2.17. The summed E-state index contributed by atoms with van der Waals surface area (Å²) >= 11 is 0. The summed E-state index contributed by atoms with van der Waals surface area (Å²) in [6.07, 6.45) is 0.785. The molecule has 0 aliphatic rings. The molecule has 0 bridgehead atoms. The highest BCUT2D eigenvalue weighted by molar-refractivity contribution is 5.14. The number of nitrogens with one attached hydrogen (secondary N) is 1. The van der Waals surface area contributed by atoms with Crippen LogP contribution < -0.4 is 5.32 Å². The largest absolute Gasteiger partial charge is 0.354 e. The van der Waals surface area contributed by atoms with Crippen molar-refractivity contribution in [2.75, 3.05) is 14.2 Å². The summed E-state index contributed by atoms with van der Waals surface area (Å²) in [5.74, 6) is 0. The van der Waals surface area contributed by atoms with Gasteiger partial charge in [-0.15, -0.1) is 0 Å². The van der Waals surface area contributed by atoms with Crippen LogP contribution >= 0.6 is 0 Å². The van der Waals surface area contributed by atoms with Gasteiger partial charge in [0.2, 0.25) is 0 Å². The fourth-order valence-corrected chi connectivity index (χ4v) is 1.70. The Balaban J connectivity index is 2.45. The Labute approximate surface area is 97.8 Å². The van der Waals surface area contributed by atoms with E-state index in [9.17, 15) is 0 Å². The predicted octanol–water partition coefficient (Wildman–Crippen LogP) is 2.17. The molecule has 1 aromatic rings. The topological polar surface area (TPSA) is 30.5 Å². The Morgan fingerprint density at radius 1 is 1.12 bits per heavy atom. The number of benzene rings is 1. The lowest BCUT2D eigenvalue weighted by atomic mass is 10.2. The molecule has 0 fully saturated rings. The van der Waals surface area contributed by atoms with Crippen LogP contribution in [0.4, 0.5) is 0 Å². The number of hydrogen-bond donors (Lipinski definition) is 1. The molecule has 0 aromatic heterocycles. The molecule has 1 rings (SSSR count). The van der Waals surface area contributed by atoms with Crippen LogP contribution in [-0.4, -0.2) is 26.6 Å². The molecule has 16 heavy (non-hydrogen) atoms. The summed E-state index contributed by atoms with van der Waals surface area (Å²) in [6.45, 7) is 2.95. The molecular formula is C13H21NO2. The van der Waals surface area contributed by atoms with E-state index in [-0.39, 0.29) is 12.3 Å². The molecule has 0 saturated carbocycles. The number of methoxy groups -OCH3 is 2. The van der Waals surface area contributed by atoms with Crippen LogP contribution in [-0.2, 0) is 16.0 Å². The molecule has 1 unspecified atom stereocenters. The summed E-state index contributed by atoms with van der Waals surface area (Å²) in [5.41, 5.74) is 1.27. The van der Waals surface area contributed by atoms with E-state index in [0.29, 0.717) is 0 Å². The van der Waals surface area contributed by atoms with Gasteiger partial charge in [0, 0.05) is 20.8 Å². The molecule has 0 spiro atoms. The summed E-state index contributed by atoms with van der Waals surface area (Å²) in [6, 6.07) is 10.5. The normalized spacial score (nSPS) is 13.0. The minimum absolute atomic E-state index is 0.186. The first-order valence-corrected chi connectivity index (χ1v) is 5.64. The van der Waals surface area contributed by atoms with E-state index in [1.807, 2.05) is 18.2 Å². The third-order valence-corrected chi connectivity index (χ3v) is 2.64. The first kappa shape index (κ1) is 13.2. The molecule has 3 nitrogen and oxygen atoms in total. The zero-order valence-electron chi connectivity index (χ0n) is 10.3. The maximum Gasteiger partial charge on any atom is 0.171 e. The van der Waals surface area contributed by atoms with Gasteiger partial charge in [-0.3, -0.25) is 0 Å². The molecule has 0 saturated heterocycles. The zero-order valence-corrected chi connectivity index (χ0v) is 10.3. The Morgan fingerprint density at radius 2 is 1.75 bits per heavy atom. The average molecular weight is 223 g/mol. The van der Waals surface area contributed by atoms with E-state index >= 15 is 0 Å². The molecule has 0 aliphatic heterocycles. The fraction of sp³-hybridized carbons (Fsp3) is 0.538. The summed E-state index contributed by atoms with van der Waals surface area (Å²) in [5, 5.41) is 3.44. The number of ether oxygens (including phenoxy) is 2. The van der Waals surface area contributed by atoms with Crippen molar-refractivity contribution in [1.29, 1.82) is 0 Å². The number of rotatable bonds is 7. The third kappa shape index (κ3) is 3.93. The van der Waals surface area contributed by atoms with E-state index < -0.39 is 0 Å². The van der Waals surface area contributed by atoms with Gasteiger partial charge in [0.15, 0.2) is 6.29 Å². The van der Waals surface area contributed by atoms with Gasteiger partial charge in [0.1, 0.15) is 0 Å². The van der Waals surface area contributed by atoms with Crippen molar-refractivity contribution >= 4 is 0 Å². The van der Waals surface area contributed by atoms with Crippen molar-refractivity contribution in [3.63, 3.8) is 0 Å². The molecule has 90 valence electrons. The molecule has 1 aromatic carbocycles. The van der Waals surface area contributed by atoms with Crippen LogP contribution in [0.2, 0.25) is 0 Å². The van der Waals surface area contributed by atoms with Crippen LogP contribution in [0.1, 0.15) is 18.9 Å². The van der Waals surface area contributed by atoms with E-state index in [4.69, 9.17) is 9.47 Å². The van der Waals surface area contributed by atoms with Gasteiger partial charge < -0.3 is 14.8 Å². The van der Waals surface area contributed by atoms with E-state index in [1.165, 1.54) is 5.56 Å². The minimum Gasteiger partial charge on any atom is -0.354 e. The third-order valence-electron chi connectivity index (χ3n) is 2.64. The first-order valence-electron chi connectivity index (χ1n) is 5.64. The van der Waals surface area contributed by atoms with Crippen LogP contribution in [0.3, 0.4) is 0 Å². The maximum absolute atomic E-state index is 5.26. The highest BCUT2D eigenvalue weighted by atomic mass is 16.7. The number of hydrogen-bond acceptors (Lipinski definition) is 3. The molecule has 0 amide bonds. The van der Waals surface area contributed by atoms with Gasteiger partial charge in [0.25, 0.3) is 0 Å². The summed E-state index contributed by atoms with van der Waals surface area (Å²) in [7, 11) is 3.34. The van der Waals surface area contributed by atoms with E-state index in [0.717, 1.165) is 13.0 Å². The lowest BCUT2D eigenvalue weighted by Gasteiger charge is -2.24. The van der Waals surface area contributed by atoms with Gasteiger partial charge in [-0.1, -0.05) is 37.3 Å². The Morgan fingerprint density at radius 3 is 2.25 bits per heavy atom. The van der Waals surface area contributed by atoms with Crippen molar-refractivity contribution < 1.29 is 9.47 Å². The molecule has 3 heteroatoms. The van der Waals surface area contributed by atoms with E-state index in [2.05, 4.69) is 24.4 Å². The van der Waals surface area contributed by atoms with Crippen molar-refractivity contribution in [2.45, 2.75) is 32.2 Å². The minimum atomic E-state index is -0.186. The average Bonchev–Trinajstić information content (AvgIpc) is 2.35. The molecular weight excluding hydrogens is 202 g/mol. The maximum atomic E-state index is 5.26. The predicted molar refractivity (Wildman–Crippen MR) is 65.2 cm³/mol. The SMILES string of the molecule is CCC(NCc1ccccc1)C(OC)OC. The van der Waals surface area contributed by atoms with Crippen LogP contribution in [0, 0.1) is 0 Å². The Bertz CT molecular complexity index is 273. The van der Waals surface area contributed by atoms with Crippen molar-refractivity contribution in [1.82, 2.24) is 5.32 Å². The lowest BCUT2D eigenvalue weighted by molar-refractivity contribution is -0.123. The first-order chi connectivity index (χ1) is 7.81. The van der Waals surface area contributed by atoms with Gasteiger partial charge >= 0.3 is 0 Å². The smallest absolute Gasteiger partial charge is 0.171 e. The summed E-state index contributed by atoms with van der Waals surface area (Å²) < 4.78 is 10.5. The molecule has 0 heterocycles. The monoisotopic (exact) mass is 223 g/mol. The van der Waals surface area contributed by atoms with Crippen molar-refractivity contribution in [2.24, 2.45) is 0 Å². The summed E-state index contributed by atoms with van der Waals surface area (Å²) in [4.78, 5) is 0. The molecule has 0 radical (unpaired) electrons. The Kier molecular flexibility index (Phi) is 6.08. The second kappa shape index (κ2) is 7.39. The van der Waals surface area contributed by atoms with Crippen LogP contribution in [0.5, 0.6) is 0 Å². The van der Waals surface area contributed by atoms with Crippen molar-refractivity contribution in [3.05, 3.63) is 35.9 Å². The lowest BCUT2D eigenvalue weighted by Crippen LogP contribution is -2.41. The van der Waals surface area contributed by atoms with E-state index in [1.54, 1.807) is 14.2 Å². The zero-order chi connectivity index (χ0) is 11.8. The molecule has 0 aliphatic carbocycles.